The maximum atomic E-state index is 11.5. The van der Waals surface area contributed by atoms with E-state index in [0.29, 0.717) is 24.3 Å². The third-order valence-electron chi connectivity index (χ3n) is 2.09. The Morgan fingerprint density at radius 3 is 2.88 bits per heavy atom. The number of Topliss-reactive ketones (excluding diaryl/α,β-unsaturated/α-hetero) is 1. The largest absolute Gasteiger partial charge is 0.330 e. The van der Waals surface area contributed by atoms with E-state index < -0.39 is 0 Å². The number of carbonyl (C=O) groups excluding carboxylic acids is 1. The maximum absolute atomic E-state index is 11.5. The Bertz CT molecular complexity index is 462. The summed E-state index contributed by atoms with van der Waals surface area (Å²) in [6.07, 6.45) is 4.83. The molecule has 2 aromatic heterocycles. The van der Waals surface area contributed by atoms with E-state index in [4.69, 9.17) is 5.73 Å². The molecule has 0 amide bonds. The molecule has 6 nitrogen and oxygen atoms in total. The third-order valence-corrected chi connectivity index (χ3v) is 2.09. The predicted octanol–water partition coefficient (Wildman–Crippen LogP) is 0.194. The van der Waals surface area contributed by atoms with Gasteiger partial charge in [-0.15, -0.1) is 0 Å². The quantitative estimate of drug-likeness (QED) is 0.739. The third kappa shape index (κ3) is 2.12. The van der Waals surface area contributed by atoms with Gasteiger partial charge in [-0.25, -0.2) is 14.6 Å². The standard InChI is InChI=1S/C10H11N5O/c11-4-3-9(16)8-1-2-10(13-5-8)15-7-12-6-14-15/h1-2,5-7H,3-4,11H2. The van der Waals surface area contributed by atoms with Crippen LogP contribution in [-0.4, -0.2) is 32.1 Å². The molecule has 2 heterocycles. The maximum Gasteiger partial charge on any atom is 0.165 e. The highest BCUT2D eigenvalue weighted by molar-refractivity contribution is 5.95. The molecule has 0 aliphatic carbocycles. The first kappa shape index (κ1) is 10.4. The molecule has 0 saturated carbocycles. The lowest BCUT2D eigenvalue weighted by molar-refractivity contribution is 0.0985. The summed E-state index contributed by atoms with van der Waals surface area (Å²) in [4.78, 5) is 19.4. The van der Waals surface area contributed by atoms with Crippen molar-refractivity contribution in [1.29, 1.82) is 0 Å². The Kier molecular flexibility index (Phi) is 3.02. The summed E-state index contributed by atoms with van der Waals surface area (Å²) >= 11 is 0. The minimum atomic E-state index is 0.000130. The van der Waals surface area contributed by atoms with Crippen LogP contribution in [0.5, 0.6) is 0 Å². The van der Waals surface area contributed by atoms with Gasteiger partial charge in [0, 0.05) is 18.2 Å². The molecule has 0 atom stereocenters. The zero-order valence-corrected chi connectivity index (χ0v) is 8.58. The lowest BCUT2D eigenvalue weighted by Gasteiger charge is -2.01. The van der Waals surface area contributed by atoms with Crippen molar-refractivity contribution in [3.05, 3.63) is 36.5 Å². The highest BCUT2D eigenvalue weighted by Gasteiger charge is 2.05. The van der Waals surface area contributed by atoms with E-state index in [1.807, 2.05) is 0 Å². The summed E-state index contributed by atoms with van der Waals surface area (Å²) in [6.45, 7) is 0.351. The van der Waals surface area contributed by atoms with Gasteiger partial charge in [0.25, 0.3) is 0 Å². The lowest BCUT2D eigenvalue weighted by Crippen LogP contribution is -2.09. The number of hydrogen-bond donors (Lipinski definition) is 1. The molecular weight excluding hydrogens is 206 g/mol. The highest BCUT2D eigenvalue weighted by atomic mass is 16.1. The van der Waals surface area contributed by atoms with Gasteiger partial charge in [-0.05, 0) is 18.7 Å². The minimum Gasteiger partial charge on any atom is -0.330 e. The van der Waals surface area contributed by atoms with Gasteiger partial charge in [0.1, 0.15) is 12.7 Å². The van der Waals surface area contributed by atoms with Crippen LogP contribution in [-0.2, 0) is 0 Å². The fourth-order valence-corrected chi connectivity index (χ4v) is 1.29. The number of nitrogens with two attached hydrogens (primary N) is 1. The molecule has 0 aromatic carbocycles. The molecule has 0 aliphatic heterocycles. The Labute approximate surface area is 92.1 Å². The van der Waals surface area contributed by atoms with Crippen LogP contribution >= 0.6 is 0 Å². The average molecular weight is 217 g/mol. The number of rotatable bonds is 4. The molecule has 0 saturated heterocycles. The van der Waals surface area contributed by atoms with Crippen LogP contribution < -0.4 is 5.73 Å². The van der Waals surface area contributed by atoms with Crippen molar-refractivity contribution in [3.63, 3.8) is 0 Å². The van der Waals surface area contributed by atoms with Crippen molar-refractivity contribution in [1.82, 2.24) is 19.7 Å². The molecule has 6 heteroatoms. The van der Waals surface area contributed by atoms with E-state index in [1.54, 1.807) is 18.5 Å². The van der Waals surface area contributed by atoms with Gasteiger partial charge in [-0.1, -0.05) is 0 Å². The van der Waals surface area contributed by atoms with Crippen LogP contribution in [0.4, 0.5) is 0 Å². The number of ketones is 1. The van der Waals surface area contributed by atoms with E-state index in [-0.39, 0.29) is 5.78 Å². The Morgan fingerprint density at radius 2 is 2.31 bits per heavy atom. The second-order valence-electron chi connectivity index (χ2n) is 3.21. The van der Waals surface area contributed by atoms with Crippen LogP contribution in [0, 0.1) is 0 Å². The van der Waals surface area contributed by atoms with E-state index in [2.05, 4.69) is 15.1 Å². The fraction of sp³-hybridized carbons (Fsp3) is 0.200. The number of pyridine rings is 1. The average Bonchev–Trinajstić information content (AvgIpc) is 2.83. The molecule has 0 aliphatic rings. The van der Waals surface area contributed by atoms with Crippen LogP contribution in [0.3, 0.4) is 0 Å². The monoisotopic (exact) mass is 217 g/mol. The normalized spacial score (nSPS) is 10.3. The molecule has 2 N–H and O–H groups in total. The second-order valence-corrected chi connectivity index (χ2v) is 3.21. The summed E-state index contributed by atoms with van der Waals surface area (Å²) in [5.74, 6) is 0.627. The zero-order valence-electron chi connectivity index (χ0n) is 8.58. The predicted molar refractivity (Wildman–Crippen MR) is 57.2 cm³/mol. The van der Waals surface area contributed by atoms with Gasteiger partial charge in [-0.2, -0.15) is 5.10 Å². The number of hydrogen-bond acceptors (Lipinski definition) is 5. The minimum absolute atomic E-state index is 0.000130. The van der Waals surface area contributed by atoms with Gasteiger partial charge in [0.15, 0.2) is 11.6 Å². The first-order valence-corrected chi connectivity index (χ1v) is 4.85. The summed E-state index contributed by atoms with van der Waals surface area (Å²) < 4.78 is 1.52. The summed E-state index contributed by atoms with van der Waals surface area (Å²) in [5.41, 5.74) is 5.87. The molecule has 0 unspecified atom stereocenters. The molecule has 0 radical (unpaired) electrons. The van der Waals surface area contributed by atoms with Crippen LogP contribution in [0.25, 0.3) is 5.82 Å². The van der Waals surface area contributed by atoms with Crippen molar-refractivity contribution in [2.75, 3.05) is 6.54 Å². The van der Waals surface area contributed by atoms with Gasteiger partial charge < -0.3 is 5.73 Å². The van der Waals surface area contributed by atoms with Gasteiger partial charge in [0.05, 0.1) is 0 Å². The molecule has 0 fully saturated rings. The molecule has 0 bridgehead atoms. The summed E-state index contributed by atoms with van der Waals surface area (Å²) in [6, 6.07) is 3.43. The van der Waals surface area contributed by atoms with Crippen LogP contribution in [0.2, 0.25) is 0 Å². The number of aromatic nitrogens is 4. The SMILES string of the molecule is NCCC(=O)c1ccc(-n2cncn2)nc1. The number of nitrogens with zero attached hydrogens (tertiary/aromatic N) is 4. The van der Waals surface area contributed by atoms with Crippen molar-refractivity contribution in [2.45, 2.75) is 6.42 Å². The Hall–Kier alpha value is -2.08. The van der Waals surface area contributed by atoms with Gasteiger partial charge in [-0.3, -0.25) is 4.79 Å². The molecule has 82 valence electrons. The Balaban J connectivity index is 2.20. The van der Waals surface area contributed by atoms with E-state index >= 15 is 0 Å². The molecule has 16 heavy (non-hydrogen) atoms. The van der Waals surface area contributed by atoms with Crippen molar-refractivity contribution in [2.24, 2.45) is 5.73 Å². The smallest absolute Gasteiger partial charge is 0.165 e. The molecule has 2 rings (SSSR count). The first-order valence-electron chi connectivity index (χ1n) is 4.85. The summed E-state index contributed by atoms with van der Waals surface area (Å²) in [7, 11) is 0. The molecular formula is C10H11N5O. The van der Waals surface area contributed by atoms with E-state index in [0.717, 1.165) is 0 Å². The summed E-state index contributed by atoms with van der Waals surface area (Å²) in [5, 5.41) is 3.94. The Morgan fingerprint density at radius 1 is 1.44 bits per heavy atom. The van der Waals surface area contributed by atoms with E-state index in [1.165, 1.54) is 17.2 Å². The molecule has 2 aromatic rings. The van der Waals surface area contributed by atoms with Crippen molar-refractivity contribution in [3.8, 4) is 5.82 Å². The van der Waals surface area contributed by atoms with E-state index in [9.17, 15) is 4.79 Å². The van der Waals surface area contributed by atoms with Crippen molar-refractivity contribution >= 4 is 5.78 Å². The van der Waals surface area contributed by atoms with Gasteiger partial charge in [0.2, 0.25) is 0 Å². The fourth-order valence-electron chi connectivity index (χ4n) is 1.29. The van der Waals surface area contributed by atoms with Crippen LogP contribution in [0.15, 0.2) is 31.0 Å². The number of carbonyl (C=O) groups is 1. The first-order chi connectivity index (χ1) is 7.81. The topological polar surface area (TPSA) is 86.7 Å². The zero-order chi connectivity index (χ0) is 11.4. The second kappa shape index (κ2) is 4.63. The van der Waals surface area contributed by atoms with Crippen LogP contribution in [0.1, 0.15) is 16.8 Å². The highest BCUT2D eigenvalue weighted by Crippen LogP contribution is 2.05. The van der Waals surface area contributed by atoms with Gasteiger partial charge >= 0.3 is 0 Å². The lowest BCUT2D eigenvalue weighted by atomic mass is 10.1. The molecule has 0 spiro atoms. The van der Waals surface area contributed by atoms with Crippen molar-refractivity contribution < 1.29 is 4.79 Å².